The highest BCUT2D eigenvalue weighted by atomic mass is 79.9. The Morgan fingerprint density at radius 2 is 1.61 bits per heavy atom. The molecule has 1 saturated carbocycles. The summed E-state index contributed by atoms with van der Waals surface area (Å²) in [5.74, 6) is 0.203. The standard InChI is InChI=1S/C30H32BrNO4/c1-18-27(30(34)36-24-6-4-3-5-7-24)28(20-8-12-22(31)13-9-20)29-25(32-18)16-21(17-26(29)33)19-10-14-23(35-2)15-11-19/h8-15,21,24,28,32H,3-7,16-17H2,1-2H3/t21-,28+/m1/s1. The monoisotopic (exact) mass is 549 g/mol. The van der Waals surface area contributed by atoms with E-state index >= 15 is 0 Å². The van der Waals surface area contributed by atoms with Crippen LogP contribution in [0.1, 0.15) is 74.8 Å². The first kappa shape index (κ1) is 24.8. The van der Waals surface area contributed by atoms with Gasteiger partial charge in [-0.1, -0.05) is 46.6 Å². The van der Waals surface area contributed by atoms with Gasteiger partial charge in [-0.05, 0) is 80.3 Å². The molecular formula is C30H32BrNO4. The summed E-state index contributed by atoms with van der Waals surface area (Å²) in [6.45, 7) is 1.93. The molecule has 0 saturated heterocycles. The predicted octanol–water partition coefficient (Wildman–Crippen LogP) is 6.70. The van der Waals surface area contributed by atoms with Crippen molar-refractivity contribution in [2.45, 2.75) is 69.8 Å². The average molecular weight is 550 g/mol. The molecule has 0 unspecified atom stereocenters. The van der Waals surface area contributed by atoms with Crippen molar-refractivity contribution in [2.24, 2.45) is 0 Å². The Hall–Kier alpha value is -2.86. The summed E-state index contributed by atoms with van der Waals surface area (Å²) in [7, 11) is 1.65. The van der Waals surface area contributed by atoms with Gasteiger partial charge in [0.05, 0.1) is 12.7 Å². The second kappa shape index (κ2) is 10.6. The quantitative estimate of drug-likeness (QED) is 0.420. The van der Waals surface area contributed by atoms with Gasteiger partial charge in [0.1, 0.15) is 11.9 Å². The van der Waals surface area contributed by atoms with Crippen molar-refractivity contribution in [2.75, 3.05) is 7.11 Å². The minimum atomic E-state index is -0.435. The number of ether oxygens (including phenoxy) is 2. The van der Waals surface area contributed by atoms with Gasteiger partial charge in [0, 0.05) is 33.8 Å². The topological polar surface area (TPSA) is 64.6 Å². The van der Waals surface area contributed by atoms with Crippen LogP contribution < -0.4 is 10.1 Å². The van der Waals surface area contributed by atoms with E-state index in [4.69, 9.17) is 9.47 Å². The minimum absolute atomic E-state index is 0.0472. The van der Waals surface area contributed by atoms with Gasteiger partial charge in [0.15, 0.2) is 5.78 Å². The lowest BCUT2D eigenvalue weighted by Gasteiger charge is -2.37. The van der Waals surface area contributed by atoms with Gasteiger partial charge in [-0.3, -0.25) is 4.79 Å². The number of allylic oxidation sites excluding steroid dienone is 3. The number of hydrogen-bond acceptors (Lipinski definition) is 5. The molecule has 36 heavy (non-hydrogen) atoms. The number of rotatable bonds is 5. The van der Waals surface area contributed by atoms with Crippen molar-refractivity contribution >= 4 is 27.7 Å². The van der Waals surface area contributed by atoms with E-state index < -0.39 is 5.92 Å². The van der Waals surface area contributed by atoms with E-state index in [0.29, 0.717) is 24.0 Å². The lowest BCUT2D eigenvalue weighted by molar-refractivity contribution is -0.146. The van der Waals surface area contributed by atoms with Crippen LogP contribution in [-0.2, 0) is 14.3 Å². The van der Waals surface area contributed by atoms with Gasteiger partial charge in [0.25, 0.3) is 0 Å². The highest BCUT2D eigenvalue weighted by Gasteiger charge is 2.41. The van der Waals surface area contributed by atoms with E-state index in [2.05, 4.69) is 21.2 Å². The molecule has 5 rings (SSSR count). The van der Waals surface area contributed by atoms with Crippen molar-refractivity contribution in [3.8, 4) is 5.75 Å². The van der Waals surface area contributed by atoms with Crippen LogP contribution in [0.4, 0.5) is 0 Å². The molecule has 2 atom stereocenters. The van der Waals surface area contributed by atoms with Crippen molar-refractivity contribution < 1.29 is 19.1 Å². The number of carbonyl (C=O) groups excluding carboxylic acids is 2. The molecule has 3 aliphatic rings. The van der Waals surface area contributed by atoms with Gasteiger partial charge in [-0.2, -0.15) is 0 Å². The van der Waals surface area contributed by atoms with E-state index in [9.17, 15) is 9.59 Å². The highest BCUT2D eigenvalue weighted by molar-refractivity contribution is 9.10. The smallest absolute Gasteiger partial charge is 0.337 e. The third-order valence-corrected chi connectivity index (χ3v) is 8.19. The van der Waals surface area contributed by atoms with Crippen molar-refractivity contribution in [1.82, 2.24) is 5.32 Å². The van der Waals surface area contributed by atoms with Crippen LogP contribution in [0.3, 0.4) is 0 Å². The zero-order chi connectivity index (χ0) is 25.2. The predicted molar refractivity (Wildman–Crippen MR) is 143 cm³/mol. The third kappa shape index (κ3) is 5.01. The van der Waals surface area contributed by atoms with E-state index in [1.807, 2.05) is 55.5 Å². The number of nitrogens with one attached hydrogen (secondary N) is 1. The molecule has 5 nitrogen and oxygen atoms in total. The lowest BCUT2D eigenvalue weighted by atomic mass is 9.71. The number of carbonyl (C=O) groups is 2. The lowest BCUT2D eigenvalue weighted by Crippen LogP contribution is -2.37. The van der Waals surface area contributed by atoms with Crippen LogP contribution in [0.5, 0.6) is 5.75 Å². The largest absolute Gasteiger partial charge is 0.497 e. The summed E-state index contributed by atoms with van der Waals surface area (Å²) in [5, 5.41) is 3.45. The minimum Gasteiger partial charge on any atom is -0.497 e. The van der Waals surface area contributed by atoms with Crippen LogP contribution in [0.2, 0.25) is 0 Å². The summed E-state index contributed by atoms with van der Waals surface area (Å²) in [4.78, 5) is 27.3. The van der Waals surface area contributed by atoms with Crippen LogP contribution in [0, 0.1) is 0 Å². The number of benzene rings is 2. The first-order chi connectivity index (χ1) is 17.4. The maximum Gasteiger partial charge on any atom is 0.337 e. The Kier molecular flexibility index (Phi) is 7.33. The zero-order valence-corrected chi connectivity index (χ0v) is 22.4. The number of ketones is 1. The van der Waals surface area contributed by atoms with Crippen LogP contribution in [0.15, 0.2) is 75.5 Å². The maximum absolute atomic E-state index is 13.7. The van der Waals surface area contributed by atoms with Gasteiger partial charge in [-0.15, -0.1) is 0 Å². The van der Waals surface area contributed by atoms with Gasteiger partial charge < -0.3 is 14.8 Å². The second-order valence-electron chi connectivity index (χ2n) is 10.0. The molecule has 1 heterocycles. The molecular weight excluding hydrogens is 518 g/mol. The Bertz CT molecular complexity index is 1210. The van der Waals surface area contributed by atoms with E-state index in [1.165, 1.54) is 6.42 Å². The number of dihydropyridines is 1. The molecule has 0 aromatic heterocycles. The number of hydrogen-bond donors (Lipinski definition) is 1. The Morgan fingerprint density at radius 3 is 2.28 bits per heavy atom. The Labute approximate surface area is 221 Å². The average Bonchev–Trinajstić information content (AvgIpc) is 2.89. The summed E-state index contributed by atoms with van der Waals surface area (Å²) in [6, 6.07) is 15.9. The fourth-order valence-corrected chi connectivity index (χ4v) is 6.07. The fourth-order valence-electron chi connectivity index (χ4n) is 5.81. The summed E-state index contributed by atoms with van der Waals surface area (Å²) in [6.07, 6.45) is 6.26. The van der Waals surface area contributed by atoms with Crippen molar-refractivity contribution in [1.29, 1.82) is 0 Å². The first-order valence-corrected chi connectivity index (χ1v) is 13.6. The maximum atomic E-state index is 13.7. The molecule has 1 aliphatic heterocycles. The summed E-state index contributed by atoms with van der Waals surface area (Å²) in [5.41, 5.74) is 4.97. The van der Waals surface area contributed by atoms with Crippen LogP contribution >= 0.6 is 15.9 Å². The molecule has 0 radical (unpaired) electrons. The van der Waals surface area contributed by atoms with Crippen LogP contribution in [0.25, 0.3) is 0 Å². The number of esters is 1. The number of halogens is 1. The fraction of sp³-hybridized carbons (Fsp3) is 0.400. The SMILES string of the molecule is COc1ccc([C@H]2CC(=O)C3=C(C2)NC(C)=C(C(=O)OC2CCCCC2)[C@@H]3c2ccc(Br)cc2)cc1. The van der Waals surface area contributed by atoms with E-state index in [-0.39, 0.29) is 23.8 Å². The summed E-state index contributed by atoms with van der Waals surface area (Å²) < 4.78 is 12.3. The van der Waals surface area contributed by atoms with E-state index in [0.717, 1.165) is 58.4 Å². The number of Topliss-reactive ketones (excluding diaryl/α,β-unsaturated/α-hetero) is 1. The summed E-state index contributed by atoms with van der Waals surface area (Å²) >= 11 is 3.51. The van der Waals surface area contributed by atoms with Gasteiger partial charge in [0.2, 0.25) is 0 Å². The normalized spacial score (nSPS) is 22.7. The van der Waals surface area contributed by atoms with E-state index in [1.54, 1.807) is 7.11 Å². The highest BCUT2D eigenvalue weighted by Crippen LogP contribution is 2.46. The second-order valence-corrected chi connectivity index (χ2v) is 10.9. The molecule has 0 amide bonds. The molecule has 0 bridgehead atoms. The van der Waals surface area contributed by atoms with Gasteiger partial charge in [-0.25, -0.2) is 4.79 Å². The molecule has 0 spiro atoms. The third-order valence-electron chi connectivity index (χ3n) is 7.66. The molecule has 2 aromatic rings. The van der Waals surface area contributed by atoms with Crippen LogP contribution in [-0.4, -0.2) is 25.0 Å². The molecule has 188 valence electrons. The number of methoxy groups -OCH3 is 1. The molecule has 1 N–H and O–H groups in total. The zero-order valence-electron chi connectivity index (χ0n) is 20.8. The first-order valence-electron chi connectivity index (χ1n) is 12.8. The molecule has 2 aromatic carbocycles. The van der Waals surface area contributed by atoms with Crippen molar-refractivity contribution in [3.63, 3.8) is 0 Å². The molecule has 2 aliphatic carbocycles. The molecule has 1 fully saturated rings. The Morgan fingerprint density at radius 1 is 0.944 bits per heavy atom. The van der Waals surface area contributed by atoms with Gasteiger partial charge >= 0.3 is 5.97 Å². The van der Waals surface area contributed by atoms with Crippen molar-refractivity contribution in [3.05, 3.63) is 86.7 Å². The Balaban J connectivity index is 1.50. The molecule has 6 heteroatoms.